The Morgan fingerprint density at radius 3 is 2.81 bits per heavy atom. The number of likely N-dealkylation sites (N-methyl/N-ethyl adjacent to an activating group) is 1. The summed E-state index contributed by atoms with van der Waals surface area (Å²) in [5.41, 5.74) is 0.368. The van der Waals surface area contributed by atoms with E-state index in [9.17, 15) is 20.1 Å². The number of carbonyl (C=O) groups excluding carboxylic acids is 1. The van der Waals surface area contributed by atoms with E-state index in [-0.39, 0.29) is 17.6 Å². The van der Waals surface area contributed by atoms with Crippen LogP contribution in [0.15, 0.2) is 54.3 Å². The molecule has 7 nitrogen and oxygen atoms in total. The van der Waals surface area contributed by atoms with Crippen molar-refractivity contribution in [3.63, 3.8) is 0 Å². The highest BCUT2D eigenvalue weighted by Gasteiger charge is 2.72. The molecular formula is C25H25NO6. The van der Waals surface area contributed by atoms with Crippen molar-refractivity contribution in [3.8, 4) is 11.5 Å². The van der Waals surface area contributed by atoms with Gasteiger partial charge in [-0.25, -0.2) is 4.79 Å². The smallest absolute Gasteiger partial charge is 0.344 e. The first kappa shape index (κ1) is 19.8. The number of hydrogen-bond donors (Lipinski definition) is 3. The van der Waals surface area contributed by atoms with Crippen LogP contribution in [0.4, 0.5) is 0 Å². The highest BCUT2D eigenvalue weighted by Crippen LogP contribution is 2.65. The fraction of sp³-hybridized carbons (Fsp3) is 0.400. The van der Waals surface area contributed by atoms with E-state index in [4.69, 9.17) is 9.47 Å². The van der Waals surface area contributed by atoms with Gasteiger partial charge in [0.25, 0.3) is 0 Å². The molecule has 1 saturated heterocycles. The largest absolute Gasteiger partial charge is 0.504 e. The van der Waals surface area contributed by atoms with Crippen LogP contribution < -0.4 is 4.74 Å². The predicted molar refractivity (Wildman–Crippen MR) is 114 cm³/mol. The van der Waals surface area contributed by atoms with Gasteiger partial charge in [0.15, 0.2) is 23.7 Å². The van der Waals surface area contributed by atoms with Gasteiger partial charge in [0.1, 0.15) is 5.76 Å². The first-order valence-electron chi connectivity index (χ1n) is 11.0. The molecule has 2 heterocycles. The zero-order valence-corrected chi connectivity index (χ0v) is 17.7. The number of phenols is 1. The minimum atomic E-state index is -1.43. The number of aliphatic hydroxyl groups excluding tert-OH is 1. The number of piperidine rings is 1. The lowest BCUT2D eigenvalue weighted by Crippen LogP contribution is -2.74. The van der Waals surface area contributed by atoms with Gasteiger partial charge in [0.2, 0.25) is 0 Å². The van der Waals surface area contributed by atoms with E-state index in [1.165, 1.54) is 0 Å². The van der Waals surface area contributed by atoms with Crippen molar-refractivity contribution in [2.24, 2.45) is 0 Å². The van der Waals surface area contributed by atoms with Crippen molar-refractivity contribution in [2.75, 3.05) is 13.6 Å². The van der Waals surface area contributed by atoms with Crippen molar-refractivity contribution in [1.29, 1.82) is 0 Å². The average Bonchev–Trinajstić information content (AvgIpc) is 3.16. The summed E-state index contributed by atoms with van der Waals surface area (Å²) >= 11 is 0. The van der Waals surface area contributed by atoms with Gasteiger partial charge in [-0.1, -0.05) is 36.4 Å². The number of likely N-dealkylation sites (tertiary alicyclic amines) is 1. The summed E-state index contributed by atoms with van der Waals surface area (Å²) in [7, 11) is 2.02. The molecule has 0 saturated carbocycles. The zero-order valence-electron chi connectivity index (χ0n) is 17.7. The standard InChI is InChI=1S/C25H25NO6/c1-26-12-11-24-19-15-7-8-16(27)21(19)32-22(24)17(9-10-25(24,30)18(26)13-15)31-23(29)20(28)14-5-3-2-4-6-14/h2-9,18,20,22,27-28,30H,10-13H2,1H3. The molecule has 3 N–H and O–H groups in total. The summed E-state index contributed by atoms with van der Waals surface area (Å²) in [6, 6.07) is 12.0. The Labute approximate surface area is 185 Å². The monoisotopic (exact) mass is 435 g/mol. The van der Waals surface area contributed by atoms with Crippen molar-refractivity contribution in [3.05, 3.63) is 71.0 Å². The van der Waals surface area contributed by atoms with Gasteiger partial charge in [-0.2, -0.15) is 0 Å². The van der Waals surface area contributed by atoms with Gasteiger partial charge in [-0.3, -0.25) is 0 Å². The first-order chi connectivity index (χ1) is 15.4. The van der Waals surface area contributed by atoms with E-state index in [0.29, 0.717) is 30.6 Å². The van der Waals surface area contributed by atoms with E-state index in [2.05, 4.69) is 4.90 Å². The van der Waals surface area contributed by atoms with Crippen molar-refractivity contribution >= 4 is 5.97 Å². The molecule has 0 amide bonds. The average molecular weight is 435 g/mol. The van der Waals surface area contributed by atoms with E-state index in [0.717, 1.165) is 17.7 Å². The number of ether oxygens (including phenoxy) is 2. The summed E-state index contributed by atoms with van der Waals surface area (Å²) in [5, 5.41) is 33.1. The number of nitrogens with zero attached hydrogens (tertiary/aromatic N) is 1. The molecule has 0 radical (unpaired) electrons. The molecule has 2 aromatic rings. The molecule has 6 rings (SSSR count). The number of aliphatic hydroxyl groups is 2. The maximum absolute atomic E-state index is 12.8. The van der Waals surface area contributed by atoms with Crippen molar-refractivity contribution < 1.29 is 29.6 Å². The number of hydrogen-bond acceptors (Lipinski definition) is 7. The summed E-state index contributed by atoms with van der Waals surface area (Å²) in [5.74, 6) is -0.140. The minimum Gasteiger partial charge on any atom is -0.504 e. The third-order valence-electron chi connectivity index (χ3n) is 7.91. The Balaban J connectivity index is 1.43. The topological polar surface area (TPSA) is 99.5 Å². The summed E-state index contributed by atoms with van der Waals surface area (Å²) in [6.07, 6.45) is 1.06. The van der Waals surface area contributed by atoms with Crippen LogP contribution in [0.2, 0.25) is 0 Å². The maximum Gasteiger partial charge on any atom is 0.344 e. The van der Waals surface area contributed by atoms with Crippen LogP contribution in [-0.2, 0) is 21.4 Å². The van der Waals surface area contributed by atoms with Gasteiger partial charge in [-0.05, 0) is 49.7 Å². The Hall–Kier alpha value is -2.87. The fourth-order valence-corrected chi connectivity index (χ4v) is 6.38. The van der Waals surface area contributed by atoms with Gasteiger partial charge < -0.3 is 29.7 Å². The molecule has 2 bridgehead atoms. The van der Waals surface area contributed by atoms with E-state index >= 15 is 0 Å². The Kier molecular flexibility index (Phi) is 4.06. The molecule has 2 aromatic carbocycles. The van der Waals surface area contributed by atoms with Crippen LogP contribution in [0.25, 0.3) is 0 Å². The zero-order chi connectivity index (χ0) is 22.3. The van der Waals surface area contributed by atoms with Gasteiger partial charge in [-0.15, -0.1) is 0 Å². The second-order valence-corrected chi connectivity index (χ2v) is 9.34. The van der Waals surface area contributed by atoms with Gasteiger partial charge in [0, 0.05) is 18.0 Å². The quantitative estimate of drug-likeness (QED) is 0.634. The van der Waals surface area contributed by atoms with Crippen LogP contribution in [0.1, 0.15) is 35.6 Å². The van der Waals surface area contributed by atoms with Crippen LogP contribution >= 0.6 is 0 Å². The van der Waals surface area contributed by atoms with Crippen molar-refractivity contribution in [1.82, 2.24) is 4.90 Å². The lowest BCUT2D eigenvalue weighted by Gasteiger charge is -2.61. The number of benzene rings is 2. The van der Waals surface area contributed by atoms with E-state index in [1.54, 1.807) is 42.5 Å². The fourth-order valence-electron chi connectivity index (χ4n) is 6.38. The van der Waals surface area contributed by atoms with Crippen LogP contribution in [0.3, 0.4) is 0 Å². The molecule has 0 aromatic heterocycles. The SMILES string of the molecule is CN1CCC23c4c5ccc(O)c4OC2C(OC(=O)C(O)c2ccccc2)=CCC3(O)C1C5. The lowest BCUT2D eigenvalue weighted by molar-refractivity contribution is -0.172. The predicted octanol–water partition coefficient (Wildman–Crippen LogP) is 1.95. The molecule has 166 valence electrons. The Morgan fingerprint density at radius 2 is 2.03 bits per heavy atom. The number of carbonyl (C=O) groups is 1. The highest BCUT2D eigenvalue weighted by molar-refractivity contribution is 5.77. The molecule has 1 fully saturated rings. The molecule has 32 heavy (non-hydrogen) atoms. The van der Waals surface area contributed by atoms with E-state index in [1.807, 2.05) is 13.1 Å². The number of aromatic hydroxyl groups is 1. The minimum absolute atomic E-state index is 0.0160. The number of esters is 1. The third-order valence-corrected chi connectivity index (χ3v) is 7.91. The van der Waals surface area contributed by atoms with Crippen LogP contribution in [0.5, 0.6) is 11.5 Å². The molecule has 1 spiro atoms. The second kappa shape index (κ2) is 6.57. The number of rotatable bonds is 3. The molecule has 4 aliphatic rings. The summed E-state index contributed by atoms with van der Waals surface area (Å²) in [6.45, 7) is 0.745. The molecule has 2 aliphatic heterocycles. The first-order valence-corrected chi connectivity index (χ1v) is 11.0. The third kappa shape index (κ3) is 2.33. The van der Waals surface area contributed by atoms with E-state index < -0.39 is 29.2 Å². The highest BCUT2D eigenvalue weighted by atomic mass is 16.6. The normalized spacial score (nSPS) is 33.0. The molecule has 5 atom stereocenters. The Bertz CT molecular complexity index is 1150. The summed E-state index contributed by atoms with van der Waals surface area (Å²) in [4.78, 5) is 15.0. The molecule has 5 unspecified atom stereocenters. The second-order valence-electron chi connectivity index (χ2n) is 9.34. The molecular weight excluding hydrogens is 410 g/mol. The summed E-state index contributed by atoms with van der Waals surface area (Å²) < 4.78 is 12.0. The molecule has 2 aliphatic carbocycles. The Morgan fingerprint density at radius 1 is 1.25 bits per heavy atom. The molecule has 7 heteroatoms. The van der Waals surface area contributed by atoms with Crippen LogP contribution in [0, 0.1) is 0 Å². The maximum atomic E-state index is 12.8. The lowest BCUT2D eigenvalue weighted by atomic mass is 9.50. The van der Waals surface area contributed by atoms with Crippen LogP contribution in [-0.4, -0.2) is 57.5 Å². The number of phenolic OH excluding ortho intramolecular Hbond substituents is 1. The van der Waals surface area contributed by atoms with Gasteiger partial charge >= 0.3 is 5.97 Å². The van der Waals surface area contributed by atoms with Crippen molar-refractivity contribution in [2.45, 2.75) is 48.5 Å². The van der Waals surface area contributed by atoms with Gasteiger partial charge in [0.05, 0.1) is 11.0 Å².